The molecule has 4 heteroatoms. The van der Waals surface area contributed by atoms with Gasteiger partial charge in [-0.25, -0.2) is 0 Å². The molecular weight excluding hydrogens is 206 g/mol. The molecule has 0 amide bonds. The molecule has 0 saturated heterocycles. The van der Waals surface area contributed by atoms with Gasteiger partial charge < -0.3 is 15.2 Å². The maximum Gasteiger partial charge on any atom is 0.171 e. The molecule has 0 radical (unpaired) electrons. The van der Waals surface area contributed by atoms with Crippen LogP contribution >= 0.6 is 0 Å². The second-order valence-electron chi connectivity index (χ2n) is 3.46. The molecule has 88 valence electrons. The second kappa shape index (κ2) is 5.51. The highest BCUT2D eigenvalue weighted by Crippen LogP contribution is 2.34. The summed E-state index contributed by atoms with van der Waals surface area (Å²) >= 11 is 0. The van der Waals surface area contributed by atoms with E-state index >= 15 is 0 Å². The van der Waals surface area contributed by atoms with Crippen molar-refractivity contribution in [2.24, 2.45) is 5.73 Å². The van der Waals surface area contributed by atoms with E-state index in [1.165, 1.54) is 7.11 Å². The number of Topliss-reactive ketones (excluding diaryl/α,β-unsaturated/α-hetero) is 1. The fourth-order valence-electron chi connectivity index (χ4n) is 1.60. The number of carbonyl (C=O) groups is 1. The lowest BCUT2D eigenvalue weighted by Crippen LogP contribution is -2.10. The van der Waals surface area contributed by atoms with Crippen LogP contribution in [-0.2, 0) is 0 Å². The summed E-state index contributed by atoms with van der Waals surface area (Å²) in [6.45, 7) is 2.23. The molecule has 0 heterocycles. The summed E-state index contributed by atoms with van der Waals surface area (Å²) in [6, 6.07) is 3.58. The van der Waals surface area contributed by atoms with Gasteiger partial charge in [-0.05, 0) is 25.1 Å². The Hall–Kier alpha value is -1.55. The number of benzene rings is 1. The standard InChI is InChI=1S/C12H17NO3/c1-8-4-5-9(10(14)6-7-13)12(16-3)11(8)15-2/h4-5H,6-7,13H2,1-3H3. The third kappa shape index (κ3) is 2.33. The summed E-state index contributed by atoms with van der Waals surface area (Å²) in [5.74, 6) is 1.06. The van der Waals surface area contributed by atoms with Crippen LogP contribution in [0.1, 0.15) is 22.3 Å². The number of hydrogen-bond donors (Lipinski definition) is 1. The third-order valence-corrected chi connectivity index (χ3v) is 2.39. The van der Waals surface area contributed by atoms with E-state index in [-0.39, 0.29) is 5.78 Å². The zero-order chi connectivity index (χ0) is 12.1. The number of nitrogens with two attached hydrogens (primary N) is 1. The van der Waals surface area contributed by atoms with Gasteiger partial charge in [0.1, 0.15) is 0 Å². The zero-order valence-corrected chi connectivity index (χ0v) is 9.87. The number of aryl methyl sites for hydroxylation is 1. The first kappa shape index (κ1) is 12.5. The molecular formula is C12H17NO3. The summed E-state index contributed by atoms with van der Waals surface area (Å²) < 4.78 is 10.5. The van der Waals surface area contributed by atoms with E-state index in [4.69, 9.17) is 15.2 Å². The predicted octanol–water partition coefficient (Wildman–Crippen LogP) is 1.54. The van der Waals surface area contributed by atoms with Gasteiger partial charge in [0, 0.05) is 6.42 Å². The van der Waals surface area contributed by atoms with Gasteiger partial charge in [-0.1, -0.05) is 6.07 Å². The molecule has 2 N–H and O–H groups in total. The van der Waals surface area contributed by atoms with Gasteiger partial charge in [0.25, 0.3) is 0 Å². The Morgan fingerprint density at radius 1 is 1.25 bits per heavy atom. The van der Waals surface area contributed by atoms with Crippen LogP contribution in [0.3, 0.4) is 0 Å². The van der Waals surface area contributed by atoms with E-state index < -0.39 is 0 Å². The quantitative estimate of drug-likeness (QED) is 0.769. The minimum Gasteiger partial charge on any atom is -0.493 e. The van der Waals surface area contributed by atoms with Crippen LogP contribution in [-0.4, -0.2) is 26.5 Å². The highest BCUT2D eigenvalue weighted by Gasteiger charge is 2.17. The van der Waals surface area contributed by atoms with Crippen molar-refractivity contribution >= 4 is 5.78 Å². The number of rotatable bonds is 5. The molecule has 0 atom stereocenters. The van der Waals surface area contributed by atoms with Crippen molar-refractivity contribution in [3.05, 3.63) is 23.3 Å². The minimum absolute atomic E-state index is 0.0300. The lowest BCUT2D eigenvalue weighted by atomic mass is 10.0. The maximum absolute atomic E-state index is 11.8. The molecule has 1 aromatic carbocycles. The van der Waals surface area contributed by atoms with Crippen molar-refractivity contribution in [1.29, 1.82) is 0 Å². The first-order valence-corrected chi connectivity index (χ1v) is 5.10. The average Bonchev–Trinajstić information content (AvgIpc) is 2.28. The molecule has 0 bridgehead atoms. The maximum atomic E-state index is 11.8. The monoisotopic (exact) mass is 223 g/mol. The Kier molecular flexibility index (Phi) is 4.31. The molecule has 0 aliphatic carbocycles. The van der Waals surface area contributed by atoms with Crippen molar-refractivity contribution in [3.63, 3.8) is 0 Å². The normalized spacial score (nSPS) is 10.0. The number of ketones is 1. The van der Waals surface area contributed by atoms with Crippen LogP contribution in [0.25, 0.3) is 0 Å². The van der Waals surface area contributed by atoms with Crippen LogP contribution in [0.4, 0.5) is 0 Å². The SMILES string of the molecule is COc1c(C)ccc(C(=O)CCN)c1OC. The van der Waals surface area contributed by atoms with E-state index in [0.29, 0.717) is 30.0 Å². The Bertz CT molecular complexity index is 388. The Morgan fingerprint density at radius 3 is 2.38 bits per heavy atom. The molecule has 0 spiro atoms. The highest BCUT2D eigenvalue weighted by molar-refractivity contribution is 5.99. The van der Waals surface area contributed by atoms with Gasteiger partial charge in [0.15, 0.2) is 17.3 Å². The molecule has 16 heavy (non-hydrogen) atoms. The zero-order valence-electron chi connectivity index (χ0n) is 9.87. The molecule has 0 unspecified atom stereocenters. The van der Waals surface area contributed by atoms with E-state index in [1.54, 1.807) is 13.2 Å². The number of carbonyl (C=O) groups excluding carboxylic acids is 1. The highest BCUT2D eigenvalue weighted by atomic mass is 16.5. The Balaban J connectivity index is 3.24. The summed E-state index contributed by atoms with van der Waals surface area (Å²) in [5, 5.41) is 0. The smallest absolute Gasteiger partial charge is 0.171 e. The number of hydrogen-bond acceptors (Lipinski definition) is 4. The third-order valence-electron chi connectivity index (χ3n) is 2.39. The van der Waals surface area contributed by atoms with Crippen molar-refractivity contribution in [3.8, 4) is 11.5 Å². The summed E-state index contributed by atoms with van der Waals surface area (Å²) in [6.07, 6.45) is 0.308. The van der Waals surface area contributed by atoms with Crippen LogP contribution in [0.15, 0.2) is 12.1 Å². The van der Waals surface area contributed by atoms with Gasteiger partial charge in [-0.2, -0.15) is 0 Å². The fourth-order valence-corrected chi connectivity index (χ4v) is 1.60. The lowest BCUT2D eigenvalue weighted by Gasteiger charge is -2.13. The van der Waals surface area contributed by atoms with Gasteiger partial charge in [0.05, 0.1) is 19.8 Å². The van der Waals surface area contributed by atoms with Gasteiger partial charge >= 0.3 is 0 Å². The van der Waals surface area contributed by atoms with E-state index in [9.17, 15) is 4.79 Å². The van der Waals surface area contributed by atoms with Crippen molar-refractivity contribution in [2.45, 2.75) is 13.3 Å². The largest absolute Gasteiger partial charge is 0.493 e. The minimum atomic E-state index is -0.0300. The molecule has 0 aliphatic heterocycles. The van der Waals surface area contributed by atoms with Gasteiger partial charge in [0.2, 0.25) is 0 Å². The van der Waals surface area contributed by atoms with Crippen LogP contribution in [0.2, 0.25) is 0 Å². The molecule has 1 aromatic rings. The fraction of sp³-hybridized carbons (Fsp3) is 0.417. The molecule has 0 fully saturated rings. The van der Waals surface area contributed by atoms with Crippen molar-refractivity contribution < 1.29 is 14.3 Å². The summed E-state index contributed by atoms with van der Waals surface area (Å²) in [4.78, 5) is 11.8. The lowest BCUT2D eigenvalue weighted by molar-refractivity contribution is 0.0982. The summed E-state index contributed by atoms with van der Waals surface area (Å²) in [5.41, 5.74) is 6.82. The average molecular weight is 223 g/mol. The second-order valence-corrected chi connectivity index (χ2v) is 3.46. The molecule has 0 aliphatic rings. The van der Waals surface area contributed by atoms with Crippen LogP contribution < -0.4 is 15.2 Å². The Morgan fingerprint density at radius 2 is 1.88 bits per heavy atom. The molecule has 1 rings (SSSR count). The van der Waals surface area contributed by atoms with E-state index in [0.717, 1.165) is 5.56 Å². The van der Waals surface area contributed by atoms with Crippen molar-refractivity contribution in [2.75, 3.05) is 20.8 Å². The van der Waals surface area contributed by atoms with Crippen LogP contribution in [0.5, 0.6) is 11.5 Å². The molecule has 0 aromatic heterocycles. The van der Waals surface area contributed by atoms with Gasteiger partial charge in [-0.15, -0.1) is 0 Å². The Labute approximate surface area is 95.3 Å². The molecule has 0 saturated carbocycles. The van der Waals surface area contributed by atoms with Crippen LogP contribution in [0, 0.1) is 6.92 Å². The van der Waals surface area contributed by atoms with Crippen molar-refractivity contribution in [1.82, 2.24) is 0 Å². The number of methoxy groups -OCH3 is 2. The van der Waals surface area contributed by atoms with E-state index in [2.05, 4.69) is 0 Å². The van der Waals surface area contributed by atoms with E-state index in [1.807, 2.05) is 13.0 Å². The first-order chi connectivity index (χ1) is 7.65. The molecule has 4 nitrogen and oxygen atoms in total. The topological polar surface area (TPSA) is 61.5 Å². The first-order valence-electron chi connectivity index (χ1n) is 5.10. The number of ether oxygens (including phenoxy) is 2. The predicted molar refractivity (Wildman–Crippen MR) is 62.3 cm³/mol. The van der Waals surface area contributed by atoms with Gasteiger partial charge in [-0.3, -0.25) is 4.79 Å². The summed E-state index contributed by atoms with van der Waals surface area (Å²) in [7, 11) is 3.08.